The highest BCUT2D eigenvalue weighted by molar-refractivity contribution is 9.10. The van der Waals surface area contributed by atoms with E-state index in [2.05, 4.69) is 48.5 Å². The molecule has 0 aliphatic rings. The van der Waals surface area contributed by atoms with E-state index in [1.807, 2.05) is 17.6 Å². The summed E-state index contributed by atoms with van der Waals surface area (Å²) in [6.45, 7) is 0. The van der Waals surface area contributed by atoms with Crippen LogP contribution in [0, 0.1) is 0 Å². The Morgan fingerprint density at radius 2 is 2.15 bits per heavy atom. The Hall–Kier alpha value is -0.890. The third-order valence-corrected chi connectivity index (χ3v) is 6.66. The number of halogens is 1. The molecule has 0 saturated heterocycles. The van der Waals surface area contributed by atoms with Crippen molar-refractivity contribution in [1.82, 2.24) is 14.4 Å². The molecule has 0 aliphatic heterocycles. The van der Waals surface area contributed by atoms with Crippen LogP contribution in [0.25, 0.3) is 15.2 Å². The monoisotopic (exact) mass is 381 g/mol. The summed E-state index contributed by atoms with van der Waals surface area (Å²) in [4.78, 5) is 10.3. The van der Waals surface area contributed by atoms with Crippen molar-refractivity contribution in [2.45, 2.75) is 10.1 Å². The van der Waals surface area contributed by atoms with Gasteiger partial charge in [0.1, 0.15) is 4.60 Å². The Balaban J connectivity index is 1.60. The largest absolute Gasteiger partial charge is 0.284 e. The predicted molar refractivity (Wildman–Crippen MR) is 90.0 cm³/mol. The van der Waals surface area contributed by atoms with Crippen molar-refractivity contribution in [2.24, 2.45) is 0 Å². The Kier molecular flexibility index (Phi) is 3.30. The number of thioether (sulfide) groups is 1. The van der Waals surface area contributed by atoms with Gasteiger partial charge >= 0.3 is 0 Å². The van der Waals surface area contributed by atoms with E-state index in [9.17, 15) is 0 Å². The highest BCUT2D eigenvalue weighted by Crippen LogP contribution is 2.33. The lowest BCUT2D eigenvalue weighted by molar-refractivity contribution is 1.16. The summed E-state index contributed by atoms with van der Waals surface area (Å²) in [6.07, 6.45) is 2.03. The summed E-state index contributed by atoms with van der Waals surface area (Å²) >= 11 is 8.74. The normalized spacial score (nSPS) is 11.7. The summed E-state index contributed by atoms with van der Waals surface area (Å²) in [5.74, 6) is 0.828. The van der Waals surface area contributed by atoms with E-state index in [0.29, 0.717) is 0 Å². The molecule has 0 radical (unpaired) electrons. The van der Waals surface area contributed by atoms with E-state index in [1.165, 1.54) is 4.70 Å². The molecule has 0 amide bonds. The van der Waals surface area contributed by atoms with E-state index in [0.717, 1.165) is 30.9 Å². The maximum absolute atomic E-state index is 4.63. The topological polar surface area (TPSA) is 30.2 Å². The van der Waals surface area contributed by atoms with Gasteiger partial charge in [-0.1, -0.05) is 23.9 Å². The zero-order valence-corrected chi connectivity index (χ0v) is 14.2. The number of rotatable bonds is 3. The first-order chi connectivity index (χ1) is 9.81. The van der Waals surface area contributed by atoms with Gasteiger partial charge in [0.05, 0.1) is 15.9 Å². The fourth-order valence-corrected chi connectivity index (χ4v) is 5.49. The molecule has 20 heavy (non-hydrogen) atoms. The van der Waals surface area contributed by atoms with Gasteiger partial charge in [0, 0.05) is 17.3 Å². The molecule has 100 valence electrons. The van der Waals surface area contributed by atoms with E-state index >= 15 is 0 Å². The van der Waals surface area contributed by atoms with Crippen LogP contribution in [-0.4, -0.2) is 14.4 Å². The minimum atomic E-state index is 0.828. The van der Waals surface area contributed by atoms with Crippen molar-refractivity contribution in [3.8, 4) is 0 Å². The molecule has 0 N–H and O–H groups in total. The number of thiazole rings is 2. The second-order valence-corrected chi connectivity index (χ2v) is 8.02. The number of aromatic nitrogens is 3. The first-order valence-corrected chi connectivity index (χ1v) is 9.37. The fourth-order valence-electron chi connectivity index (χ4n) is 1.94. The summed E-state index contributed by atoms with van der Waals surface area (Å²) in [7, 11) is 0. The Labute approximate surface area is 135 Å². The van der Waals surface area contributed by atoms with Gasteiger partial charge in [0.15, 0.2) is 9.30 Å². The zero-order chi connectivity index (χ0) is 13.5. The predicted octanol–water partition coefficient (Wildman–Crippen LogP) is 5.06. The van der Waals surface area contributed by atoms with Crippen LogP contribution in [0.5, 0.6) is 0 Å². The molecule has 7 heteroatoms. The zero-order valence-electron chi connectivity index (χ0n) is 10.1. The third kappa shape index (κ3) is 2.18. The average molecular weight is 382 g/mol. The number of benzene rings is 1. The number of imidazole rings is 1. The van der Waals surface area contributed by atoms with E-state index < -0.39 is 0 Å². The van der Waals surface area contributed by atoms with Gasteiger partial charge in [-0.05, 0) is 28.1 Å². The van der Waals surface area contributed by atoms with Crippen molar-refractivity contribution >= 4 is 65.5 Å². The molecule has 4 aromatic rings. The van der Waals surface area contributed by atoms with Crippen LogP contribution >= 0.6 is 50.4 Å². The average Bonchev–Trinajstić information content (AvgIpc) is 3.13. The van der Waals surface area contributed by atoms with Crippen molar-refractivity contribution in [1.29, 1.82) is 0 Å². The van der Waals surface area contributed by atoms with Gasteiger partial charge in [0.25, 0.3) is 0 Å². The van der Waals surface area contributed by atoms with Crippen LogP contribution in [0.3, 0.4) is 0 Å². The molecule has 0 saturated carbocycles. The van der Waals surface area contributed by atoms with Crippen LogP contribution in [0.1, 0.15) is 5.69 Å². The van der Waals surface area contributed by atoms with Gasteiger partial charge < -0.3 is 0 Å². The Morgan fingerprint density at radius 3 is 3.00 bits per heavy atom. The molecule has 3 aromatic heterocycles. The minimum Gasteiger partial charge on any atom is -0.284 e. The molecule has 3 heterocycles. The highest BCUT2D eigenvalue weighted by atomic mass is 79.9. The lowest BCUT2D eigenvalue weighted by Crippen LogP contribution is -1.82. The third-order valence-electron chi connectivity index (χ3n) is 2.88. The second-order valence-electron chi connectivity index (χ2n) is 4.14. The van der Waals surface area contributed by atoms with Crippen LogP contribution in [0.2, 0.25) is 0 Å². The van der Waals surface area contributed by atoms with Crippen molar-refractivity contribution < 1.29 is 0 Å². The van der Waals surface area contributed by atoms with E-state index in [-0.39, 0.29) is 0 Å². The second kappa shape index (κ2) is 5.14. The number of fused-ring (bicyclic) bond motifs is 2. The van der Waals surface area contributed by atoms with Gasteiger partial charge in [-0.2, -0.15) is 0 Å². The summed E-state index contributed by atoms with van der Waals surface area (Å²) < 4.78 is 5.44. The molecule has 0 aliphatic carbocycles. The number of hydrogen-bond acceptors (Lipinski definition) is 5. The first-order valence-electron chi connectivity index (χ1n) is 5.89. The maximum Gasteiger partial charge on any atom is 0.194 e. The smallest absolute Gasteiger partial charge is 0.194 e. The minimum absolute atomic E-state index is 0.828. The van der Waals surface area contributed by atoms with Crippen LogP contribution in [0.4, 0.5) is 0 Å². The number of para-hydroxylation sites is 1. The molecule has 3 nitrogen and oxygen atoms in total. The van der Waals surface area contributed by atoms with Gasteiger partial charge in [-0.3, -0.25) is 4.40 Å². The number of hydrogen-bond donors (Lipinski definition) is 0. The SMILES string of the molecule is Brc1c(CSc2nc3ccccc3s2)nc2sccn12. The molecule has 0 bridgehead atoms. The van der Waals surface area contributed by atoms with Crippen molar-refractivity contribution in [2.75, 3.05) is 0 Å². The highest BCUT2D eigenvalue weighted by Gasteiger charge is 2.12. The fraction of sp³-hybridized carbons (Fsp3) is 0.0769. The Bertz CT molecular complexity index is 860. The summed E-state index contributed by atoms with van der Waals surface area (Å²) in [5.41, 5.74) is 2.14. The van der Waals surface area contributed by atoms with Gasteiger partial charge in [-0.25, -0.2) is 9.97 Å². The Morgan fingerprint density at radius 1 is 1.25 bits per heavy atom. The van der Waals surface area contributed by atoms with E-state index in [1.54, 1.807) is 34.4 Å². The first kappa shape index (κ1) is 12.8. The molecular formula is C13H8BrN3S3. The van der Waals surface area contributed by atoms with Crippen LogP contribution < -0.4 is 0 Å². The van der Waals surface area contributed by atoms with Gasteiger partial charge in [0.2, 0.25) is 0 Å². The molecular weight excluding hydrogens is 374 g/mol. The lowest BCUT2D eigenvalue weighted by Gasteiger charge is -1.95. The summed E-state index contributed by atoms with van der Waals surface area (Å²) in [6, 6.07) is 8.24. The van der Waals surface area contributed by atoms with Crippen molar-refractivity contribution in [3.05, 3.63) is 46.1 Å². The molecule has 0 atom stereocenters. The van der Waals surface area contributed by atoms with Crippen LogP contribution in [-0.2, 0) is 5.75 Å². The lowest BCUT2D eigenvalue weighted by atomic mass is 10.3. The molecule has 1 aromatic carbocycles. The van der Waals surface area contributed by atoms with Crippen molar-refractivity contribution in [3.63, 3.8) is 0 Å². The molecule has 4 rings (SSSR count). The molecule has 0 spiro atoms. The summed E-state index contributed by atoms with van der Waals surface area (Å²) in [5, 5.41) is 2.04. The maximum atomic E-state index is 4.63. The quantitative estimate of drug-likeness (QED) is 0.464. The number of nitrogens with zero attached hydrogens (tertiary/aromatic N) is 3. The standard InChI is InChI=1S/C13H8BrN3S3/c14-11-9(15-12-17(11)5-6-18-12)7-19-13-16-8-3-1-2-4-10(8)20-13/h1-6H,7H2. The molecule has 0 fully saturated rings. The van der Waals surface area contributed by atoms with E-state index in [4.69, 9.17) is 0 Å². The van der Waals surface area contributed by atoms with Gasteiger partial charge in [-0.15, -0.1) is 22.7 Å². The van der Waals surface area contributed by atoms with Crippen LogP contribution in [0.15, 0.2) is 44.8 Å². The molecule has 0 unspecified atom stereocenters.